The molecular formula is C34H43N3O4S. The Balaban J connectivity index is 0.980. The summed E-state index contributed by atoms with van der Waals surface area (Å²) in [4.78, 5) is 32.4. The molecule has 0 radical (unpaired) electrons. The van der Waals surface area contributed by atoms with E-state index >= 15 is 0 Å². The summed E-state index contributed by atoms with van der Waals surface area (Å²) >= 11 is 1.81. The number of ether oxygens (including phenoxy) is 2. The van der Waals surface area contributed by atoms with Crippen molar-refractivity contribution in [1.82, 2.24) is 4.90 Å². The van der Waals surface area contributed by atoms with E-state index in [4.69, 9.17) is 9.47 Å². The molecule has 3 aliphatic rings. The number of piperazine rings is 1. The Labute approximate surface area is 253 Å². The molecule has 1 amide bonds. The first-order chi connectivity index (χ1) is 20.4. The minimum Gasteiger partial charge on any atom is -0.494 e. The molecule has 0 atom stereocenters. The lowest BCUT2D eigenvalue weighted by atomic mass is 9.77. The van der Waals surface area contributed by atoms with Gasteiger partial charge in [-0.25, -0.2) is 0 Å². The van der Waals surface area contributed by atoms with Gasteiger partial charge >= 0.3 is 5.97 Å². The molecule has 2 aliphatic heterocycles. The molecule has 1 aromatic heterocycles. The number of unbranched alkanes of at least 4 members (excludes halogenated alkanes) is 1. The van der Waals surface area contributed by atoms with Crippen LogP contribution in [0.3, 0.4) is 0 Å². The lowest BCUT2D eigenvalue weighted by molar-refractivity contribution is -0.148. The van der Waals surface area contributed by atoms with E-state index < -0.39 is 0 Å². The fourth-order valence-electron chi connectivity index (χ4n) is 6.74. The number of esters is 1. The van der Waals surface area contributed by atoms with E-state index in [2.05, 4.69) is 59.4 Å². The predicted molar refractivity (Wildman–Crippen MR) is 170 cm³/mol. The van der Waals surface area contributed by atoms with Gasteiger partial charge in [0.05, 0.1) is 18.2 Å². The van der Waals surface area contributed by atoms with E-state index in [1.807, 2.05) is 23.5 Å². The Kier molecular flexibility index (Phi) is 8.72. The molecular weight excluding hydrogens is 546 g/mol. The molecule has 3 aromatic rings. The van der Waals surface area contributed by atoms with Crippen LogP contribution >= 0.6 is 11.3 Å². The summed E-state index contributed by atoms with van der Waals surface area (Å²) in [5.41, 5.74) is 2.96. The monoisotopic (exact) mass is 589 g/mol. The van der Waals surface area contributed by atoms with Gasteiger partial charge in [0, 0.05) is 59.9 Å². The molecule has 0 spiro atoms. The largest absolute Gasteiger partial charge is 0.494 e. The Morgan fingerprint density at radius 1 is 1.00 bits per heavy atom. The van der Waals surface area contributed by atoms with Crippen LogP contribution in [0.15, 0.2) is 47.8 Å². The molecule has 0 N–H and O–H groups in total. The van der Waals surface area contributed by atoms with E-state index in [-0.39, 0.29) is 29.9 Å². The van der Waals surface area contributed by atoms with Crippen molar-refractivity contribution in [1.29, 1.82) is 0 Å². The van der Waals surface area contributed by atoms with Crippen LogP contribution in [0.4, 0.5) is 11.4 Å². The van der Waals surface area contributed by atoms with Crippen molar-refractivity contribution in [3.8, 4) is 5.75 Å². The average molecular weight is 590 g/mol. The first-order valence-electron chi connectivity index (χ1n) is 15.6. The summed E-state index contributed by atoms with van der Waals surface area (Å²) < 4.78 is 13.2. The molecule has 8 heteroatoms. The maximum atomic E-state index is 13.1. The Morgan fingerprint density at radius 3 is 2.62 bits per heavy atom. The number of rotatable bonds is 10. The SMILES string of the molecule is CC1(C)CC(=O)N(COC(=O)C2CCCC2)c2cc(OCCCCN3CCN(c4cccc5sccc45)CC3)ccc21. The quantitative estimate of drug-likeness (QED) is 0.197. The molecule has 1 aliphatic carbocycles. The summed E-state index contributed by atoms with van der Waals surface area (Å²) in [7, 11) is 0. The minimum absolute atomic E-state index is 0.0176. The number of fused-ring (bicyclic) bond motifs is 2. The Hall–Kier alpha value is -3.10. The third-order valence-corrected chi connectivity index (χ3v) is 10.1. The number of thiophene rings is 1. The van der Waals surface area contributed by atoms with E-state index in [1.165, 1.54) is 15.8 Å². The number of benzene rings is 2. The van der Waals surface area contributed by atoms with Gasteiger partial charge in [-0.2, -0.15) is 0 Å². The number of nitrogens with zero attached hydrogens (tertiary/aromatic N) is 3. The van der Waals surface area contributed by atoms with Gasteiger partial charge < -0.3 is 14.4 Å². The summed E-state index contributed by atoms with van der Waals surface area (Å²) in [6.07, 6.45) is 6.36. The van der Waals surface area contributed by atoms with Crippen LogP contribution in [-0.4, -0.2) is 62.8 Å². The number of hydrogen-bond donors (Lipinski definition) is 0. The second-order valence-corrected chi connectivity index (χ2v) is 13.6. The predicted octanol–water partition coefficient (Wildman–Crippen LogP) is 6.59. The van der Waals surface area contributed by atoms with Gasteiger partial charge in [-0.15, -0.1) is 11.3 Å². The van der Waals surface area contributed by atoms with Gasteiger partial charge in [-0.05, 0) is 67.4 Å². The molecule has 2 aromatic carbocycles. The molecule has 224 valence electrons. The van der Waals surface area contributed by atoms with Crippen molar-refractivity contribution in [2.24, 2.45) is 5.92 Å². The zero-order valence-corrected chi connectivity index (χ0v) is 25.8. The standard InChI is InChI=1S/C34H43N3O4S/c1-34(2)23-32(38)37(24-41-33(39)25-8-3-4-9-25)30-22-26(12-13-28(30)34)40-20-6-5-15-35-16-18-36(19-17-35)29-10-7-11-31-27(29)14-21-42-31/h7,10-14,21-22,25H,3-6,8-9,15-20,23-24H2,1-2H3. The van der Waals surface area contributed by atoms with Crippen LogP contribution in [-0.2, 0) is 19.7 Å². The second kappa shape index (κ2) is 12.6. The van der Waals surface area contributed by atoms with Crippen LogP contribution in [0.25, 0.3) is 10.1 Å². The van der Waals surface area contributed by atoms with Crippen LogP contribution in [0.5, 0.6) is 5.75 Å². The maximum absolute atomic E-state index is 13.1. The molecule has 1 saturated heterocycles. The van der Waals surface area contributed by atoms with Gasteiger partial charge in [0.1, 0.15) is 5.75 Å². The third kappa shape index (κ3) is 6.30. The van der Waals surface area contributed by atoms with E-state index in [0.717, 1.165) is 88.2 Å². The van der Waals surface area contributed by atoms with Gasteiger partial charge in [-0.3, -0.25) is 19.4 Å². The maximum Gasteiger partial charge on any atom is 0.310 e. The highest BCUT2D eigenvalue weighted by Gasteiger charge is 2.38. The molecule has 0 unspecified atom stereocenters. The number of amides is 1. The Bertz CT molecular complexity index is 1400. The number of hydrogen-bond acceptors (Lipinski definition) is 7. The topological polar surface area (TPSA) is 62.3 Å². The fourth-order valence-corrected chi connectivity index (χ4v) is 7.55. The lowest BCUT2D eigenvalue weighted by Crippen LogP contribution is -2.46. The molecule has 42 heavy (non-hydrogen) atoms. The second-order valence-electron chi connectivity index (χ2n) is 12.6. The summed E-state index contributed by atoms with van der Waals surface area (Å²) in [5, 5.41) is 3.55. The highest BCUT2D eigenvalue weighted by molar-refractivity contribution is 7.17. The molecule has 0 bridgehead atoms. The number of carbonyl (C=O) groups is 2. The molecule has 1 saturated carbocycles. The summed E-state index contributed by atoms with van der Waals surface area (Å²) in [6, 6.07) is 14.9. The van der Waals surface area contributed by atoms with Gasteiger partial charge in [0.2, 0.25) is 5.91 Å². The summed E-state index contributed by atoms with van der Waals surface area (Å²) in [5.74, 6) is 0.527. The molecule has 6 rings (SSSR count). The van der Waals surface area contributed by atoms with E-state index in [9.17, 15) is 9.59 Å². The zero-order chi connectivity index (χ0) is 29.1. The molecule has 2 fully saturated rings. The zero-order valence-electron chi connectivity index (χ0n) is 25.0. The normalized spacial score (nSPS) is 19.3. The number of anilines is 2. The van der Waals surface area contributed by atoms with Crippen molar-refractivity contribution in [2.75, 3.05) is 55.9 Å². The van der Waals surface area contributed by atoms with Crippen LogP contribution in [0.2, 0.25) is 0 Å². The first kappa shape index (κ1) is 29.0. The third-order valence-electron chi connectivity index (χ3n) is 9.23. The molecule has 7 nitrogen and oxygen atoms in total. The highest BCUT2D eigenvalue weighted by atomic mass is 32.1. The smallest absolute Gasteiger partial charge is 0.310 e. The van der Waals surface area contributed by atoms with Crippen molar-refractivity contribution in [3.63, 3.8) is 0 Å². The van der Waals surface area contributed by atoms with E-state index in [1.54, 1.807) is 4.90 Å². The first-order valence-corrected chi connectivity index (χ1v) is 16.4. The van der Waals surface area contributed by atoms with Crippen LogP contribution in [0, 0.1) is 5.92 Å². The molecule has 3 heterocycles. The van der Waals surface area contributed by atoms with Crippen molar-refractivity contribution in [2.45, 2.75) is 64.2 Å². The van der Waals surface area contributed by atoms with Crippen molar-refractivity contribution in [3.05, 3.63) is 53.4 Å². The van der Waals surface area contributed by atoms with E-state index in [0.29, 0.717) is 13.0 Å². The van der Waals surface area contributed by atoms with Crippen LogP contribution < -0.4 is 14.5 Å². The minimum atomic E-state index is -0.281. The van der Waals surface area contributed by atoms with Crippen LogP contribution in [0.1, 0.15) is 64.4 Å². The lowest BCUT2D eigenvalue weighted by Gasteiger charge is -2.38. The van der Waals surface area contributed by atoms with Crippen molar-refractivity contribution < 1.29 is 19.1 Å². The van der Waals surface area contributed by atoms with Gasteiger partial charge in [-0.1, -0.05) is 38.8 Å². The van der Waals surface area contributed by atoms with Gasteiger partial charge in [0.25, 0.3) is 0 Å². The summed E-state index contributed by atoms with van der Waals surface area (Å²) in [6.45, 7) is 10.1. The number of carbonyl (C=O) groups excluding carboxylic acids is 2. The fraction of sp³-hybridized carbons (Fsp3) is 0.529. The average Bonchev–Trinajstić information content (AvgIpc) is 3.70. The van der Waals surface area contributed by atoms with Gasteiger partial charge in [0.15, 0.2) is 6.73 Å². The highest BCUT2D eigenvalue weighted by Crippen LogP contribution is 2.42. The Morgan fingerprint density at radius 2 is 1.81 bits per heavy atom. The van der Waals surface area contributed by atoms with Crippen molar-refractivity contribution >= 4 is 44.7 Å².